The number of rotatable bonds is 4. The van der Waals surface area contributed by atoms with E-state index in [4.69, 9.17) is 4.74 Å². The van der Waals surface area contributed by atoms with E-state index < -0.39 is 6.09 Å². The molecule has 0 aromatic carbocycles. The van der Waals surface area contributed by atoms with Gasteiger partial charge in [0, 0.05) is 19.1 Å². The number of carbonyl (C=O) groups excluding carboxylic acids is 1. The summed E-state index contributed by atoms with van der Waals surface area (Å²) in [5.41, 5.74) is 3.09. The SMILES string of the molecule is CCCCOC(=O)N(C#CCI)N1CCCN1. The molecule has 0 aromatic heterocycles. The van der Waals surface area contributed by atoms with Crippen molar-refractivity contribution in [2.45, 2.75) is 26.2 Å². The normalized spacial score (nSPS) is 15.2. The van der Waals surface area contributed by atoms with Crippen molar-refractivity contribution in [1.82, 2.24) is 15.6 Å². The van der Waals surface area contributed by atoms with Crippen LogP contribution >= 0.6 is 22.6 Å². The van der Waals surface area contributed by atoms with Gasteiger partial charge < -0.3 is 4.74 Å². The number of amides is 1. The summed E-state index contributed by atoms with van der Waals surface area (Å²) in [7, 11) is 0. The molecular formula is C11H18IN3O2. The lowest BCUT2D eigenvalue weighted by Crippen LogP contribution is -2.47. The molecule has 1 aliphatic rings. The van der Waals surface area contributed by atoms with Crippen LogP contribution in [0.3, 0.4) is 0 Å². The zero-order valence-electron chi connectivity index (χ0n) is 10.0. The van der Waals surface area contributed by atoms with Crippen LogP contribution in [0.15, 0.2) is 0 Å². The molecule has 0 aromatic rings. The van der Waals surface area contributed by atoms with Crippen LogP contribution in [0.2, 0.25) is 0 Å². The molecule has 1 rings (SSSR count). The largest absolute Gasteiger partial charge is 0.448 e. The summed E-state index contributed by atoms with van der Waals surface area (Å²) >= 11 is 2.15. The predicted octanol–water partition coefficient (Wildman–Crippen LogP) is 1.75. The topological polar surface area (TPSA) is 44.8 Å². The third kappa shape index (κ3) is 5.10. The molecule has 1 aliphatic heterocycles. The first kappa shape index (κ1) is 14.5. The van der Waals surface area contributed by atoms with Crippen molar-refractivity contribution in [2.24, 2.45) is 0 Å². The van der Waals surface area contributed by atoms with Gasteiger partial charge in [-0.1, -0.05) is 41.9 Å². The van der Waals surface area contributed by atoms with Gasteiger partial charge in [-0.3, -0.25) is 0 Å². The summed E-state index contributed by atoms with van der Waals surface area (Å²) in [5.74, 6) is 2.88. The van der Waals surface area contributed by atoms with Crippen LogP contribution in [0.25, 0.3) is 0 Å². The average Bonchev–Trinajstić information content (AvgIpc) is 2.83. The molecule has 0 unspecified atom stereocenters. The smallest absolute Gasteiger partial charge is 0.438 e. The number of carbonyl (C=O) groups is 1. The average molecular weight is 351 g/mol. The number of nitrogens with zero attached hydrogens (tertiary/aromatic N) is 2. The summed E-state index contributed by atoms with van der Waals surface area (Å²) in [6.07, 6.45) is 2.50. The van der Waals surface area contributed by atoms with Crippen molar-refractivity contribution in [3.63, 3.8) is 0 Å². The molecule has 1 heterocycles. The molecule has 1 fully saturated rings. The van der Waals surface area contributed by atoms with Gasteiger partial charge in [0.2, 0.25) is 0 Å². The Bertz CT molecular complexity index is 295. The van der Waals surface area contributed by atoms with E-state index in [-0.39, 0.29) is 0 Å². The van der Waals surface area contributed by atoms with Crippen LogP contribution in [-0.4, -0.2) is 40.3 Å². The zero-order chi connectivity index (χ0) is 12.5. The maximum Gasteiger partial charge on any atom is 0.438 e. The van der Waals surface area contributed by atoms with E-state index in [0.717, 1.165) is 32.4 Å². The highest BCUT2D eigenvalue weighted by Gasteiger charge is 2.24. The molecular weight excluding hydrogens is 333 g/mol. The lowest BCUT2D eigenvalue weighted by atomic mass is 10.4. The third-order valence-electron chi connectivity index (χ3n) is 2.23. The Balaban J connectivity index is 2.52. The van der Waals surface area contributed by atoms with Crippen LogP contribution in [-0.2, 0) is 4.74 Å². The lowest BCUT2D eigenvalue weighted by Gasteiger charge is -2.24. The molecule has 0 radical (unpaired) electrons. The molecule has 0 bridgehead atoms. The molecule has 0 saturated carbocycles. The van der Waals surface area contributed by atoms with E-state index in [1.807, 2.05) is 0 Å². The molecule has 0 atom stereocenters. The van der Waals surface area contributed by atoms with Crippen LogP contribution in [0, 0.1) is 12.0 Å². The van der Waals surface area contributed by atoms with Gasteiger partial charge in [-0.15, -0.1) is 10.1 Å². The Labute approximate surface area is 116 Å². The van der Waals surface area contributed by atoms with E-state index in [0.29, 0.717) is 11.0 Å². The fourth-order valence-electron chi connectivity index (χ4n) is 1.36. The summed E-state index contributed by atoms with van der Waals surface area (Å²) < 4.78 is 5.84. The summed E-state index contributed by atoms with van der Waals surface area (Å²) in [6, 6.07) is 2.80. The second-order valence-electron chi connectivity index (χ2n) is 3.59. The Kier molecular flexibility index (Phi) is 7.32. The van der Waals surface area contributed by atoms with Crippen LogP contribution < -0.4 is 5.43 Å². The number of hydrogen-bond acceptors (Lipinski definition) is 4. The fourth-order valence-corrected chi connectivity index (χ4v) is 1.53. The number of unbranched alkanes of at least 4 members (excludes halogenated alkanes) is 1. The van der Waals surface area contributed by atoms with Gasteiger partial charge in [0.05, 0.1) is 11.0 Å². The predicted molar refractivity (Wildman–Crippen MR) is 74.1 cm³/mol. The summed E-state index contributed by atoms with van der Waals surface area (Å²) in [5, 5.41) is 3.05. The molecule has 1 saturated heterocycles. The molecule has 1 amide bonds. The highest BCUT2D eigenvalue weighted by molar-refractivity contribution is 14.1. The zero-order valence-corrected chi connectivity index (χ0v) is 12.2. The molecule has 1 N–H and O–H groups in total. The summed E-state index contributed by atoms with van der Waals surface area (Å²) in [6.45, 7) is 4.15. The number of ether oxygens (including phenoxy) is 1. The highest BCUT2D eigenvalue weighted by Crippen LogP contribution is 2.04. The number of hydrazine groups is 2. The molecule has 6 heteroatoms. The van der Waals surface area contributed by atoms with E-state index >= 15 is 0 Å². The summed E-state index contributed by atoms with van der Waals surface area (Å²) in [4.78, 5) is 11.8. The van der Waals surface area contributed by atoms with Crippen molar-refractivity contribution in [3.8, 4) is 12.0 Å². The Morgan fingerprint density at radius 3 is 3.06 bits per heavy atom. The minimum absolute atomic E-state index is 0.398. The molecule has 5 nitrogen and oxygen atoms in total. The maximum atomic E-state index is 11.8. The monoisotopic (exact) mass is 351 g/mol. The molecule has 0 spiro atoms. The van der Waals surface area contributed by atoms with Crippen LogP contribution in [0.5, 0.6) is 0 Å². The number of halogens is 1. The van der Waals surface area contributed by atoms with E-state index in [1.54, 1.807) is 5.12 Å². The molecule has 96 valence electrons. The number of alkyl halides is 1. The van der Waals surface area contributed by atoms with Crippen molar-refractivity contribution in [3.05, 3.63) is 0 Å². The Morgan fingerprint density at radius 1 is 1.65 bits per heavy atom. The van der Waals surface area contributed by atoms with Crippen molar-refractivity contribution in [1.29, 1.82) is 0 Å². The van der Waals surface area contributed by atoms with Gasteiger partial charge in [-0.25, -0.2) is 10.2 Å². The molecule has 0 aliphatic carbocycles. The molecule has 17 heavy (non-hydrogen) atoms. The van der Waals surface area contributed by atoms with Gasteiger partial charge in [0.15, 0.2) is 0 Å². The first-order valence-electron chi connectivity index (χ1n) is 5.82. The van der Waals surface area contributed by atoms with E-state index in [1.165, 1.54) is 5.01 Å². The number of hydrogen-bond donors (Lipinski definition) is 1. The fraction of sp³-hybridized carbons (Fsp3) is 0.727. The first-order chi connectivity index (χ1) is 8.29. The Hall–Kier alpha value is -0.520. The van der Waals surface area contributed by atoms with Gasteiger partial charge in [-0.2, -0.15) is 0 Å². The van der Waals surface area contributed by atoms with Crippen molar-refractivity contribution in [2.75, 3.05) is 24.1 Å². The van der Waals surface area contributed by atoms with E-state index in [9.17, 15) is 4.79 Å². The number of nitrogens with one attached hydrogen (secondary N) is 1. The van der Waals surface area contributed by atoms with Gasteiger partial charge in [0.25, 0.3) is 0 Å². The van der Waals surface area contributed by atoms with Gasteiger partial charge in [-0.05, 0) is 12.8 Å². The third-order valence-corrected chi connectivity index (χ3v) is 2.61. The lowest BCUT2D eigenvalue weighted by molar-refractivity contribution is 0.00388. The van der Waals surface area contributed by atoms with Gasteiger partial charge >= 0.3 is 6.09 Å². The second-order valence-corrected chi connectivity index (χ2v) is 4.35. The highest BCUT2D eigenvalue weighted by atomic mass is 127. The second kappa shape index (κ2) is 8.55. The van der Waals surface area contributed by atoms with Crippen molar-refractivity contribution >= 4 is 28.7 Å². The minimum Gasteiger partial charge on any atom is -0.448 e. The standard InChI is InChI=1S/C11H18IN3O2/c1-2-3-10-17-11(16)14(8-4-6-12)15-9-5-7-13-15/h13H,2-3,5-7,9-10H2,1H3. The van der Waals surface area contributed by atoms with E-state index in [2.05, 4.69) is 46.9 Å². The van der Waals surface area contributed by atoms with Crippen molar-refractivity contribution < 1.29 is 9.53 Å². The Morgan fingerprint density at radius 2 is 2.47 bits per heavy atom. The first-order valence-corrected chi connectivity index (χ1v) is 7.34. The maximum absolute atomic E-state index is 11.8. The van der Waals surface area contributed by atoms with Gasteiger partial charge in [0.1, 0.15) is 0 Å². The van der Waals surface area contributed by atoms with Crippen LogP contribution in [0.4, 0.5) is 4.79 Å². The van der Waals surface area contributed by atoms with Crippen LogP contribution in [0.1, 0.15) is 26.2 Å². The minimum atomic E-state index is -0.398. The quantitative estimate of drug-likeness (QED) is 0.276.